The summed E-state index contributed by atoms with van der Waals surface area (Å²) in [5.41, 5.74) is 1.03. The van der Waals surface area contributed by atoms with Gasteiger partial charge < -0.3 is 19.7 Å². The molecule has 1 atom stereocenters. The second-order valence-electron chi connectivity index (χ2n) is 7.12. The average molecular weight is 345 g/mol. The van der Waals surface area contributed by atoms with Gasteiger partial charge in [-0.05, 0) is 56.5 Å². The minimum atomic E-state index is 0.0405. The van der Waals surface area contributed by atoms with E-state index >= 15 is 0 Å². The third-order valence-corrected chi connectivity index (χ3v) is 5.39. The Morgan fingerprint density at radius 1 is 1.08 bits per heavy atom. The highest BCUT2D eigenvalue weighted by Crippen LogP contribution is 2.30. The van der Waals surface area contributed by atoms with Crippen molar-refractivity contribution in [3.05, 3.63) is 23.8 Å². The third kappa shape index (κ3) is 3.84. The van der Waals surface area contributed by atoms with Gasteiger partial charge in [-0.2, -0.15) is 0 Å². The lowest BCUT2D eigenvalue weighted by Gasteiger charge is -2.37. The predicted octanol–water partition coefficient (Wildman–Crippen LogP) is 2.23. The fourth-order valence-corrected chi connectivity index (χ4v) is 4.03. The van der Waals surface area contributed by atoms with E-state index in [1.54, 1.807) is 0 Å². The number of nitrogens with one attached hydrogen (secondary N) is 1. The number of ether oxygens (including phenoxy) is 2. The first-order valence-electron chi connectivity index (χ1n) is 9.45. The summed E-state index contributed by atoms with van der Waals surface area (Å²) in [6.07, 6.45) is 4.91. The van der Waals surface area contributed by atoms with Crippen LogP contribution in [0.25, 0.3) is 0 Å². The number of urea groups is 1. The van der Waals surface area contributed by atoms with Gasteiger partial charge in [0.05, 0.1) is 0 Å². The van der Waals surface area contributed by atoms with Gasteiger partial charge in [0.2, 0.25) is 0 Å². The predicted molar refractivity (Wildman–Crippen MR) is 95.1 cm³/mol. The van der Waals surface area contributed by atoms with Gasteiger partial charge in [0.25, 0.3) is 0 Å². The number of carbonyl (C=O) groups excluding carboxylic acids is 1. The van der Waals surface area contributed by atoms with Gasteiger partial charge in [0, 0.05) is 25.7 Å². The number of likely N-dealkylation sites (tertiary alicyclic amines) is 2. The SMILES string of the molecule is O=C(NCc1ccc2c(c1)OCCO2)N1CCCC(N2CCCC2)C1. The molecule has 0 bridgehead atoms. The first kappa shape index (κ1) is 16.5. The minimum Gasteiger partial charge on any atom is -0.486 e. The molecule has 0 saturated carbocycles. The van der Waals surface area contributed by atoms with E-state index in [-0.39, 0.29) is 6.03 Å². The van der Waals surface area contributed by atoms with Gasteiger partial charge in [0.1, 0.15) is 13.2 Å². The minimum absolute atomic E-state index is 0.0405. The van der Waals surface area contributed by atoms with Crippen molar-refractivity contribution in [1.82, 2.24) is 15.1 Å². The van der Waals surface area contributed by atoms with Crippen molar-refractivity contribution in [1.29, 1.82) is 0 Å². The van der Waals surface area contributed by atoms with Gasteiger partial charge in [-0.3, -0.25) is 4.90 Å². The van der Waals surface area contributed by atoms with E-state index in [0.29, 0.717) is 25.8 Å². The standard InChI is InChI=1S/C19H27N3O3/c23-19(22-9-3-4-16(14-22)21-7-1-2-8-21)20-13-15-5-6-17-18(12-15)25-11-10-24-17/h5-6,12,16H,1-4,7-11,13-14H2,(H,20,23). The Morgan fingerprint density at radius 3 is 2.72 bits per heavy atom. The summed E-state index contributed by atoms with van der Waals surface area (Å²) in [5.74, 6) is 1.55. The van der Waals surface area contributed by atoms with Crippen molar-refractivity contribution in [3.8, 4) is 11.5 Å². The lowest BCUT2D eigenvalue weighted by Crippen LogP contribution is -2.51. The van der Waals surface area contributed by atoms with Gasteiger partial charge >= 0.3 is 6.03 Å². The maximum absolute atomic E-state index is 12.6. The zero-order valence-electron chi connectivity index (χ0n) is 14.7. The summed E-state index contributed by atoms with van der Waals surface area (Å²) in [6.45, 7) is 5.78. The van der Waals surface area contributed by atoms with E-state index in [2.05, 4.69) is 10.2 Å². The summed E-state index contributed by atoms with van der Waals surface area (Å²) in [4.78, 5) is 17.1. The maximum atomic E-state index is 12.6. The van der Waals surface area contributed by atoms with Crippen molar-refractivity contribution in [2.45, 2.75) is 38.3 Å². The Kier molecular flexibility index (Phi) is 4.97. The Morgan fingerprint density at radius 2 is 1.88 bits per heavy atom. The number of hydrogen-bond donors (Lipinski definition) is 1. The topological polar surface area (TPSA) is 54.0 Å². The summed E-state index contributed by atoms with van der Waals surface area (Å²) in [5, 5.41) is 3.06. The quantitative estimate of drug-likeness (QED) is 0.913. The molecule has 3 heterocycles. The summed E-state index contributed by atoms with van der Waals surface area (Å²) in [7, 11) is 0. The first-order chi connectivity index (χ1) is 12.3. The molecule has 2 saturated heterocycles. The van der Waals surface area contributed by atoms with Crippen LogP contribution in [0.1, 0.15) is 31.2 Å². The maximum Gasteiger partial charge on any atom is 0.317 e. The van der Waals surface area contributed by atoms with E-state index < -0.39 is 0 Å². The van der Waals surface area contributed by atoms with Crippen LogP contribution >= 0.6 is 0 Å². The summed E-state index contributed by atoms with van der Waals surface area (Å²) in [6, 6.07) is 6.44. The molecule has 0 aliphatic carbocycles. The van der Waals surface area contributed by atoms with Crippen LogP contribution in [0.5, 0.6) is 11.5 Å². The molecule has 3 aliphatic rings. The van der Waals surface area contributed by atoms with Crippen molar-refractivity contribution in [2.75, 3.05) is 39.4 Å². The molecule has 1 aromatic carbocycles. The molecule has 6 heteroatoms. The number of hydrogen-bond acceptors (Lipinski definition) is 4. The molecule has 2 amide bonds. The lowest BCUT2D eigenvalue weighted by atomic mass is 10.0. The van der Waals surface area contributed by atoms with E-state index in [1.165, 1.54) is 32.4 Å². The van der Waals surface area contributed by atoms with Gasteiger partial charge in [-0.25, -0.2) is 4.79 Å². The number of fused-ring (bicyclic) bond motifs is 1. The number of rotatable bonds is 3. The van der Waals surface area contributed by atoms with Crippen LogP contribution in [-0.2, 0) is 6.54 Å². The van der Waals surface area contributed by atoms with Crippen molar-refractivity contribution >= 4 is 6.03 Å². The number of carbonyl (C=O) groups is 1. The monoisotopic (exact) mass is 345 g/mol. The van der Waals surface area contributed by atoms with Crippen LogP contribution in [0, 0.1) is 0 Å². The molecule has 1 aromatic rings. The molecule has 6 nitrogen and oxygen atoms in total. The molecule has 136 valence electrons. The van der Waals surface area contributed by atoms with Crippen molar-refractivity contribution in [2.24, 2.45) is 0 Å². The number of amides is 2. The normalized spacial score (nSPS) is 23.5. The molecule has 2 fully saturated rings. The highest BCUT2D eigenvalue weighted by Gasteiger charge is 2.29. The second kappa shape index (κ2) is 7.52. The van der Waals surface area contributed by atoms with E-state index in [0.717, 1.165) is 36.6 Å². The Hall–Kier alpha value is -1.95. The third-order valence-electron chi connectivity index (χ3n) is 5.39. The molecule has 1 N–H and O–H groups in total. The average Bonchev–Trinajstić information content (AvgIpc) is 3.21. The fourth-order valence-electron chi connectivity index (χ4n) is 4.03. The smallest absolute Gasteiger partial charge is 0.317 e. The number of nitrogens with zero attached hydrogens (tertiary/aromatic N) is 2. The lowest BCUT2D eigenvalue weighted by molar-refractivity contribution is 0.125. The van der Waals surface area contributed by atoms with Gasteiger partial charge in [-0.15, -0.1) is 0 Å². The number of benzene rings is 1. The van der Waals surface area contributed by atoms with Crippen molar-refractivity contribution < 1.29 is 14.3 Å². The van der Waals surface area contributed by atoms with E-state index in [9.17, 15) is 4.79 Å². The van der Waals surface area contributed by atoms with Crippen molar-refractivity contribution in [3.63, 3.8) is 0 Å². The summed E-state index contributed by atoms with van der Waals surface area (Å²) < 4.78 is 11.1. The van der Waals surface area contributed by atoms with Crippen LogP contribution < -0.4 is 14.8 Å². The van der Waals surface area contributed by atoms with Crippen LogP contribution in [0.4, 0.5) is 4.79 Å². The highest BCUT2D eigenvalue weighted by atomic mass is 16.6. The van der Waals surface area contributed by atoms with Crippen LogP contribution in [0.3, 0.4) is 0 Å². The van der Waals surface area contributed by atoms with Gasteiger partial charge in [0.15, 0.2) is 11.5 Å². The molecule has 0 spiro atoms. The molecular formula is C19H27N3O3. The molecule has 1 unspecified atom stereocenters. The molecule has 3 aliphatic heterocycles. The van der Waals surface area contributed by atoms with Gasteiger partial charge in [-0.1, -0.05) is 6.07 Å². The molecular weight excluding hydrogens is 318 g/mol. The molecule has 4 rings (SSSR count). The highest BCUT2D eigenvalue weighted by molar-refractivity contribution is 5.74. The van der Waals surface area contributed by atoms with Crippen LogP contribution in [0.15, 0.2) is 18.2 Å². The Labute approximate surface area is 149 Å². The Bertz CT molecular complexity index is 616. The zero-order valence-corrected chi connectivity index (χ0v) is 14.7. The Balaban J connectivity index is 1.31. The van der Waals surface area contributed by atoms with E-state index in [4.69, 9.17) is 9.47 Å². The molecule has 0 aromatic heterocycles. The summed E-state index contributed by atoms with van der Waals surface area (Å²) >= 11 is 0. The largest absolute Gasteiger partial charge is 0.486 e. The molecule has 25 heavy (non-hydrogen) atoms. The van der Waals surface area contributed by atoms with Crippen LogP contribution in [0.2, 0.25) is 0 Å². The zero-order chi connectivity index (χ0) is 17.1. The second-order valence-corrected chi connectivity index (χ2v) is 7.12. The molecule has 0 radical (unpaired) electrons. The first-order valence-corrected chi connectivity index (χ1v) is 9.45. The van der Waals surface area contributed by atoms with E-state index in [1.807, 2.05) is 23.1 Å². The van der Waals surface area contributed by atoms with Crippen LogP contribution in [-0.4, -0.2) is 61.3 Å². The fraction of sp³-hybridized carbons (Fsp3) is 0.632. The number of piperidine rings is 1.